The molecule has 0 aliphatic carbocycles. The number of aromatic nitrogens is 1. The quantitative estimate of drug-likeness (QED) is 0.722. The molecule has 0 spiro atoms. The maximum Gasteiger partial charge on any atom is 0.357 e. The zero-order valence-corrected chi connectivity index (χ0v) is 11.6. The van der Waals surface area contributed by atoms with Crippen molar-refractivity contribution in [3.05, 3.63) is 11.1 Å². The largest absolute Gasteiger partial charge is 0.461 e. The normalized spacial score (nSPS) is 12.2. The van der Waals surface area contributed by atoms with Crippen LogP contribution in [-0.2, 0) is 14.2 Å². The van der Waals surface area contributed by atoms with Crippen LogP contribution in [0.3, 0.4) is 0 Å². The number of carbonyl (C=O) groups excluding carboxylic acids is 1. The van der Waals surface area contributed by atoms with Crippen molar-refractivity contribution in [2.75, 3.05) is 39.3 Å². The number of nitrogens with zero attached hydrogens (tertiary/aromatic N) is 1. The highest BCUT2D eigenvalue weighted by molar-refractivity contribution is 7.13. The Morgan fingerprint density at radius 1 is 1.56 bits per heavy atom. The summed E-state index contributed by atoms with van der Waals surface area (Å²) in [5.74, 6) is -0.401. The third-order valence-electron chi connectivity index (χ3n) is 2.16. The lowest BCUT2D eigenvalue weighted by Crippen LogP contribution is -2.26. The van der Waals surface area contributed by atoms with Gasteiger partial charge in [-0.1, -0.05) is 0 Å². The molecule has 6 nitrogen and oxygen atoms in total. The molecule has 1 N–H and O–H groups in total. The first-order valence-electron chi connectivity index (χ1n) is 5.59. The summed E-state index contributed by atoms with van der Waals surface area (Å²) in [5, 5.41) is 5.42. The van der Waals surface area contributed by atoms with Crippen molar-refractivity contribution in [3.8, 4) is 0 Å². The molecule has 1 atom stereocenters. The highest BCUT2D eigenvalue weighted by atomic mass is 32.1. The van der Waals surface area contributed by atoms with Gasteiger partial charge in [-0.3, -0.25) is 0 Å². The summed E-state index contributed by atoms with van der Waals surface area (Å²) in [5.41, 5.74) is 0.324. The molecule has 0 saturated heterocycles. The first-order chi connectivity index (χ1) is 8.71. The number of anilines is 1. The Morgan fingerprint density at radius 3 is 2.94 bits per heavy atom. The third kappa shape index (κ3) is 4.59. The molecular weight excluding hydrogens is 256 g/mol. The molecule has 102 valence electrons. The molecule has 0 aromatic carbocycles. The Morgan fingerprint density at radius 2 is 2.33 bits per heavy atom. The number of hydrogen-bond acceptors (Lipinski definition) is 7. The second-order valence-electron chi connectivity index (χ2n) is 3.45. The molecule has 0 aliphatic rings. The predicted molar refractivity (Wildman–Crippen MR) is 69.2 cm³/mol. The van der Waals surface area contributed by atoms with Gasteiger partial charge in [0.25, 0.3) is 0 Å². The molecule has 1 rings (SSSR count). The molecule has 18 heavy (non-hydrogen) atoms. The lowest BCUT2D eigenvalue weighted by molar-refractivity contribution is 0.0365. The van der Waals surface area contributed by atoms with Gasteiger partial charge in [-0.2, -0.15) is 0 Å². The van der Waals surface area contributed by atoms with Gasteiger partial charge < -0.3 is 19.5 Å². The van der Waals surface area contributed by atoms with Crippen LogP contribution in [0.15, 0.2) is 5.38 Å². The van der Waals surface area contributed by atoms with E-state index in [1.807, 2.05) is 0 Å². The number of ether oxygens (including phenoxy) is 3. The minimum absolute atomic E-state index is 0.0510. The topological polar surface area (TPSA) is 69.7 Å². The van der Waals surface area contributed by atoms with Crippen molar-refractivity contribution in [2.24, 2.45) is 0 Å². The van der Waals surface area contributed by atoms with Crippen LogP contribution < -0.4 is 5.32 Å². The molecule has 7 heteroatoms. The van der Waals surface area contributed by atoms with Gasteiger partial charge in [-0.15, -0.1) is 11.3 Å². The number of esters is 1. The molecule has 1 aromatic rings. The van der Waals surface area contributed by atoms with Crippen LogP contribution in [0.5, 0.6) is 0 Å². The average molecular weight is 274 g/mol. The van der Waals surface area contributed by atoms with E-state index in [1.54, 1.807) is 26.5 Å². The Kier molecular flexibility index (Phi) is 6.63. The molecule has 0 amide bonds. The van der Waals surface area contributed by atoms with E-state index in [0.717, 1.165) is 0 Å². The third-order valence-corrected chi connectivity index (χ3v) is 2.96. The van der Waals surface area contributed by atoms with E-state index < -0.39 is 5.97 Å². The highest BCUT2D eigenvalue weighted by Crippen LogP contribution is 2.16. The van der Waals surface area contributed by atoms with Crippen LogP contribution in [0, 0.1) is 0 Å². The monoisotopic (exact) mass is 274 g/mol. The van der Waals surface area contributed by atoms with Crippen LogP contribution in [0.4, 0.5) is 5.13 Å². The fraction of sp³-hybridized carbons (Fsp3) is 0.636. The summed E-state index contributed by atoms with van der Waals surface area (Å²) in [6.45, 7) is 3.18. The van der Waals surface area contributed by atoms with E-state index in [4.69, 9.17) is 14.2 Å². The standard InChI is InChI=1S/C11H18N2O4S/c1-4-17-10(14)9-7-18-11(13-9)12-5-8(16-3)6-15-2/h7-8H,4-6H2,1-3H3,(H,12,13). The van der Waals surface area contributed by atoms with Crippen LogP contribution in [-0.4, -0.2) is 51.0 Å². The Hall–Kier alpha value is -1.18. The van der Waals surface area contributed by atoms with Gasteiger partial charge in [-0.25, -0.2) is 9.78 Å². The Labute approximate surface area is 110 Å². The van der Waals surface area contributed by atoms with E-state index >= 15 is 0 Å². The molecule has 0 radical (unpaired) electrons. The number of thiazole rings is 1. The van der Waals surface area contributed by atoms with Crippen LogP contribution >= 0.6 is 11.3 Å². The smallest absolute Gasteiger partial charge is 0.357 e. The maximum absolute atomic E-state index is 11.4. The molecule has 0 aliphatic heterocycles. The number of carbonyl (C=O) groups is 1. The van der Waals surface area contributed by atoms with Gasteiger partial charge in [0.1, 0.15) is 0 Å². The average Bonchev–Trinajstić information content (AvgIpc) is 2.83. The van der Waals surface area contributed by atoms with Crippen molar-refractivity contribution in [1.29, 1.82) is 0 Å². The number of nitrogens with one attached hydrogen (secondary N) is 1. The van der Waals surface area contributed by atoms with Crippen LogP contribution in [0.2, 0.25) is 0 Å². The molecule has 0 saturated carbocycles. The number of methoxy groups -OCH3 is 2. The molecule has 1 unspecified atom stereocenters. The second kappa shape index (κ2) is 8.02. The van der Waals surface area contributed by atoms with Crippen molar-refractivity contribution in [3.63, 3.8) is 0 Å². The first-order valence-corrected chi connectivity index (χ1v) is 6.47. The van der Waals surface area contributed by atoms with Gasteiger partial charge in [0.2, 0.25) is 0 Å². The molecule has 1 heterocycles. The van der Waals surface area contributed by atoms with Crippen molar-refractivity contribution < 1.29 is 19.0 Å². The lowest BCUT2D eigenvalue weighted by Gasteiger charge is -2.14. The second-order valence-corrected chi connectivity index (χ2v) is 4.31. The molecular formula is C11H18N2O4S. The van der Waals surface area contributed by atoms with E-state index in [1.165, 1.54) is 11.3 Å². The summed E-state index contributed by atoms with van der Waals surface area (Å²) in [4.78, 5) is 15.5. The van der Waals surface area contributed by atoms with E-state index in [9.17, 15) is 4.79 Å². The van der Waals surface area contributed by atoms with Crippen molar-refractivity contribution >= 4 is 22.4 Å². The van der Waals surface area contributed by atoms with Gasteiger partial charge in [0.05, 0.1) is 19.3 Å². The van der Waals surface area contributed by atoms with Gasteiger partial charge >= 0.3 is 5.97 Å². The van der Waals surface area contributed by atoms with Gasteiger partial charge in [0.15, 0.2) is 10.8 Å². The summed E-state index contributed by atoms with van der Waals surface area (Å²) < 4.78 is 15.1. The van der Waals surface area contributed by atoms with Gasteiger partial charge in [0, 0.05) is 26.1 Å². The Balaban J connectivity index is 2.46. The zero-order valence-electron chi connectivity index (χ0n) is 10.8. The molecule has 0 fully saturated rings. The predicted octanol–water partition coefficient (Wildman–Crippen LogP) is 1.39. The molecule has 1 aromatic heterocycles. The minimum Gasteiger partial charge on any atom is -0.461 e. The van der Waals surface area contributed by atoms with E-state index in [-0.39, 0.29) is 6.10 Å². The maximum atomic E-state index is 11.4. The first kappa shape index (κ1) is 14.9. The summed E-state index contributed by atoms with van der Waals surface area (Å²) >= 11 is 1.35. The lowest BCUT2D eigenvalue weighted by atomic mass is 10.4. The van der Waals surface area contributed by atoms with Gasteiger partial charge in [-0.05, 0) is 6.92 Å². The zero-order chi connectivity index (χ0) is 13.4. The number of rotatable bonds is 8. The summed E-state index contributed by atoms with van der Waals surface area (Å²) in [7, 11) is 3.24. The number of hydrogen-bond donors (Lipinski definition) is 1. The van der Waals surface area contributed by atoms with Crippen LogP contribution in [0.25, 0.3) is 0 Å². The summed E-state index contributed by atoms with van der Waals surface area (Å²) in [6, 6.07) is 0. The molecule has 0 bridgehead atoms. The fourth-order valence-corrected chi connectivity index (χ4v) is 1.94. The van der Waals surface area contributed by atoms with E-state index in [0.29, 0.717) is 30.6 Å². The Bertz CT molecular complexity index is 370. The van der Waals surface area contributed by atoms with Crippen molar-refractivity contribution in [2.45, 2.75) is 13.0 Å². The minimum atomic E-state index is -0.401. The highest BCUT2D eigenvalue weighted by Gasteiger charge is 2.12. The fourth-order valence-electron chi connectivity index (χ4n) is 1.25. The van der Waals surface area contributed by atoms with Crippen molar-refractivity contribution in [1.82, 2.24) is 4.98 Å². The van der Waals surface area contributed by atoms with E-state index in [2.05, 4.69) is 10.3 Å². The summed E-state index contributed by atoms with van der Waals surface area (Å²) in [6.07, 6.45) is -0.0510. The SMILES string of the molecule is CCOC(=O)c1csc(NCC(COC)OC)n1. The van der Waals surface area contributed by atoms with Crippen LogP contribution in [0.1, 0.15) is 17.4 Å².